The molecule has 0 unspecified atom stereocenters. The summed E-state index contributed by atoms with van der Waals surface area (Å²) in [6.45, 7) is -0.458. The van der Waals surface area contributed by atoms with Crippen LogP contribution in [0.25, 0.3) is 6.08 Å². The van der Waals surface area contributed by atoms with Crippen LogP contribution in [-0.4, -0.2) is 18.5 Å². The Labute approximate surface area is 154 Å². The van der Waals surface area contributed by atoms with Gasteiger partial charge < -0.3 is 10.1 Å². The summed E-state index contributed by atoms with van der Waals surface area (Å²) in [5.41, 5.74) is 1.02. The van der Waals surface area contributed by atoms with Crippen LogP contribution in [0.5, 0.6) is 0 Å². The van der Waals surface area contributed by atoms with E-state index in [0.717, 1.165) is 5.56 Å². The highest BCUT2D eigenvalue weighted by molar-refractivity contribution is 6.39. The molecular formula is C17H12Cl3NO3. The Morgan fingerprint density at radius 3 is 2.38 bits per heavy atom. The van der Waals surface area contributed by atoms with Crippen LogP contribution in [0.1, 0.15) is 5.56 Å². The Kier molecular flexibility index (Phi) is 6.67. The second kappa shape index (κ2) is 8.73. The molecule has 124 valence electrons. The van der Waals surface area contributed by atoms with Crippen LogP contribution in [0.2, 0.25) is 15.1 Å². The van der Waals surface area contributed by atoms with Gasteiger partial charge in [0.05, 0.1) is 15.7 Å². The molecule has 4 nitrogen and oxygen atoms in total. The van der Waals surface area contributed by atoms with Crippen molar-refractivity contribution in [2.45, 2.75) is 0 Å². The van der Waals surface area contributed by atoms with E-state index in [2.05, 4.69) is 5.32 Å². The quantitative estimate of drug-likeness (QED) is 0.592. The largest absolute Gasteiger partial charge is 0.452 e. The highest BCUT2D eigenvalue weighted by Gasteiger charge is 2.11. The van der Waals surface area contributed by atoms with Crippen molar-refractivity contribution in [2.75, 3.05) is 11.9 Å². The van der Waals surface area contributed by atoms with Gasteiger partial charge in [-0.2, -0.15) is 0 Å². The molecule has 0 saturated heterocycles. The molecule has 0 spiro atoms. The molecule has 0 radical (unpaired) electrons. The lowest BCUT2D eigenvalue weighted by atomic mass is 10.2. The van der Waals surface area contributed by atoms with Crippen LogP contribution >= 0.6 is 34.8 Å². The number of ether oxygens (including phenoxy) is 1. The van der Waals surface area contributed by atoms with Crippen molar-refractivity contribution in [1.82, 2.24) is 0 Å². The van der Waals surface area contributed by atoms with Gasteiger partial charge in [-0.05, 0) is 35.9 Å². The first-order valence-electron chi connectivity index (χ1n) is 6.80. The molecule has 0 aromatic heterocycles. The number of para-hydroxylation sites is 1. The number of halogens is 3. The minimum atomic E-state index is -0.657. The van der Waals surface area contributed by atoms with E-state index in [9.17, 15) is 9.59 Å². The van der Waals surface area contributed by atoms with Crippen molar-refractivity contribution in [1.29, 1.82) is 0 Å². The predicted octanol–water partition coefficient (Wildman–Crippen LogP) is 4.84. The Balaban J connectivity index is 1.86. The van der Waals surface area contributed by atoms with E-state index >= 15 is 0 Å². The molecule has 0 saturated carbocycles. The van der Waals surface area contributed by atoms with Crippen molar-refractivity contribution in [3.05, 3.63) is 69.2 Å². The van der Waals surface area contributed by atoms with Crippen molar-refractivity contribution in [2.24, 2.45) is 0 Å². The number of esters is 1. The molecule has 0 aliphatic heterocycles. The lowest BCUT2D eigenvalue weighted by Gasteiger charge is -2.08. The van der Waals surface area contributed by atoms with E-state index < -0.39 is 18.5 Å². The molecule has 0 aliphatic carbocycles. The zero-order chi connectivity index (χ0) is 17.5. The number of carbonyl (C=O) groups excluding carboxylic acids is 2. The molecule has 0 heterocycles. The molecule has 0 bridgehead atoms. The number of carbonyl (C=O) groups is 2. The van der Waals surface area contributed by atoms with Gasteiger partial charge in [0, 0.05) is 11.1 Å². The summed E-state index contributed by atoms with van der Waals surface area (Å²) in [4.78, 5) is 23.4. The SMILES string of the molecule is O=C(COC(=O)/C=C/c1cccc(Cl)c1)Nc1c(Cl)cccc1Cl. The topological polar surface area (TPSA) is 55.4 Å². The molecule has 7 heteroatoms. The second-order valence-corrected chi connectivity index (χ2v) is 5.89. The molecular weight excluding hydrogens is 373 g/mol. The molecule has 0 aliphatic rings. The van der Waals surface area contributed by atoms with Gasteiger partial charge in [-0.25, -0.2) is 4.79 Å². The van der Waals surface area contributed by atoms with Crippen molar-refractivity contribution in [3.8, 4) is 0 Å². The Morgan fingerprint density at radius 2 is 1.71 bits per heavy atom. The maximum Gasteiger partial charge on any atom is 0.331 e. The summed E-state index contributed by atoms with van der Waals surface area (Å²) >= 11 is 17.7. The average Bonchev–Trinajstić information content (AvgIpc) is 2.54. The van der Waals surface area contributed by atoms with Crippen molar-refractivity contribution < 1.29 is 14.3 Å². The van der Waals surface area contributed by atoms with Crippen LogP contribution < -0.4 is 5.32 Å². The lowest BCUT2D eigenvalue weighted by Crippen LogP contribution is -2.20. The van der Waals surface area contributed by atoms with Crippen LogP contribution in [0, 0.1) is 0 Å². The summed E-state index contributed by atoms with van der Waals surface area (Å²) in [5.74, 6) is -1.20. The van der Waals surface area contributed by atoms with Gasteiger partial charge in [0.1, 0.15) is 0 Å². The zero-order valence-electron chi connectivity index (χ0n) is 12.3. The third kappa shape index (κ3) is 5.57. The number of nitrogens with one attached hydrogen (secondary N) is 1. The predicted molar refractivity (Wildman–Crippen MR) is 96.5 cm³/mol. The smallest absolute Gasteiger partial charge is 0.331 e. The minimum absolute atomic E-state index is 0.274. The number of rotatable bonds is 5. The summed E-state index contributed by atoms with van der Waals surface area (Å²) in [6, 6.07) is 11.8. The van der Waals surface area contributed by atoms with Crippen LogP contribution in [0.3, 0.4) is 0 Å². The van der Waals surface area contributed by atoms with Gasteiger partial charge in [-0.15, -0.1) is 0 Å². The monoisotopic (exact) mass is 383 g/mol. The third-order valence-electron chi connectivity index (χ3n) is 2.83. The third-order valence-corrected chi connectivity index (χ3v) is 3.70. The van der Waals surface area contributed by atoms with Crippen molar-refractivity contribution >= 4 is 58.4 Å². The fraction of sp³-hybridized carbons (Fsp3) is 0.0588. The minimum Gasteiger partial charge on any atom is -0.452 e. The normalized spacial score (nSPS) is 10.6. The first-order valence-corrected chi connectivity index (χ1v) is 7.93. The summed E-state index contributed by atoms with van der Waals surface area (Å²) < 4.78 is 4.85. The second-order valence-electron chi connectivity index (χ2n) is 4.64. The number of amides is 1. The molecule has 2 aromatic carbocycles. The maximum absolute atomic E-state index is 11.8. The first-order chi connectivity index (χ1) is 11.5. The molecule has 1 N–H and O–H groups in total. The number of hydrogen-bond acceptors (Lipinski definition) is 3. The maximum atomic E-state index is 11.8. The van der Waals surface area contributed by atoms with E-state index in [1.165, 1.54) is 12.2 Å². The van der Waals surface area contributed by atoms with Gasteiger partial charge in [0.2, 0.25) is 0 Å². The van der Waals surface area contributed by atoms with E-state index in [1.807, 2.05) is 0 Å². The summed E-state index contributed by atoms with van der Waals surface area (Å²) in [7, 11) is 0. The van der Waals surface area contributed by atoms with E-state index in [0.29, 0.717) is 15.1 Å². The highest BCUT2D eigenvalue weighted by Crippen LogP contribution is 2.29. The fourth-order valence-corrected chi connectivity index (χ4v) is 2.44. The highest BCUT2D eigenvalue weighted by atomic mass is 35.5. The van der Waals surface area contributed by atoms with Gasteiger partial charge in [-0.3, -0.25) is 4.79 Å². The Bertz CT molecular complexity index is 770. The van der Waals surface area contributed by atoms with Crippen LogP contribution in [-0.2, 0) is 14.3 Å². The number of hydrogen-bond donors (Lipinski definition) is 1. The lowest BCUT2D eigenvalue weighted by molar-refractivity contribution is -0.142. The van der Waals surface area contributed by atoms with E-state index in [-0.39, 0.29) is 5.69 Å². The van der Waals surface area contributed by atoms with Gasteiger partial charge in [0.15, 0.2) is 6.61 Å². The van der Waals surface area contributed by atoms with Crippen molar-refractivity contribution in [3.63, 3.8) is 0 Å². The van der Waals surface area contributed by atoms with Gasteiger partial charge in [0.25, 0.3) is 5.91 Å². The van der Waals surface area contributed by atoms with E-state index in [1.54, 1.807) is 42.5 Å². The average molecular weight is 385 g/mol. The fourth-order valence-electron chi connectivity index (χ4n) is 1.75. The summed E-state index contributed by atoms with van der Waals surface area (Å²) in [5, 5.41) is 3.64. The molecule has 0 fully saturated rings. The van der Waals surface area contributed by atoms with Gasteiger partial charge in [-0.1, -0.05) is 53.0 Å². The molecule has 2 aromatic rings. The molecule has 1 amide bonds. The molecule has 24 heavy (non-hydrogen) atoms. The summed E-state index contributed by atoms with van der Waals surface area (Å²) in [6.07, 6.45) is 2.75. The van der Waals surface area contributed by atoms with Crippen LogP contribution in [0.4, 0.5) is 5.69 Å². The number of benzene rings is 2. The molecule has 2 rings (SSSR count). The Morgan fingerprint density at radius 1 is 1.04 bits per heavy atom. The number of anilines is 1. The first kappa shape index (κ1) is 18.3. The standard InChI is InChI=1S/C17H12Cl3NO3/c18-12-4-1-3-11(9-12)7-8-16(23)24-10-15(22)21-17-13(19)5-2-6-14(17)20/h1-9H,10H2,(H,21,22)/b8-7+. The molecule has 0 atom stereocenters. The zero-order valence-corrected chi connectivity index (χ0v) is 14.5. The van der Waals surface area contributed by atoms with E-state index in [4.69, 9.17) is 39.5 Å². The van der Waals surface area contributed by atoms with Crippen LogP contribution in [0.15, 0.2) is 48.5 Å². The van der Waals surface area contributed by atoms with Gasteiger partial charge >= 0.3 is 5.97 Å². The Hall–Kier alpha value is -2.01.